The standard InChI is InChI=1S/C19H26F3N3O3/c1-18(2,3)9-14(15(26)23-4)24-16(27)13-8-7-12(19(20,21)22)17(25-13)28-10-11-5-6-11/h7-8,11,14H,5-6,9-10H2,1-4H3,(H,23,26)(H,24,27)/t14-/m0/s1. The Balaban J connectivity index is 2.22. The Kier molecular flexibility index (Phi) is 6.56. The first kappa shape index (κ1) is 22.0. The summed E-state index contributed by atoms with van der Waals surface area (Å²) in [7, 11) is 1.45. The molecule has 0 aliphatic heterocycles. The van der Waals surface area contributed by atoms with E-state index in [0.29, 0.717) is 6.42 Å². The van der Waals surface area contributed by atoms with Crippen molar-refractivity contribution in [2.45, 2.75) is 52.3 Å². The van der Waals surface area contributed by atoms with Crippen LogP contribution in [0.15, 0.2) is 12.1 Å². The number of likely N-dealkylation sites (N-methyl/N-ethyl adjacent to an activating group) is 1. The van der Waals surface area contributed by atoms with E-state index >= 15 is 0 Å². The van der Waals surface area contributed by atoms with Gasteiger partial charge in [0.2, 0.25) is 11.8 Å². The highest BCUT2D eigenvalue weighted by Crippen LogP contribution is 2.36. The predicted molar refractivity (Wildman–Crippen MR) is 96.9 cm³/mol. The van der Waals surface area contributed by atoms with Crippen molar-refractivity contribution in [1.29, 1.82) is 0 Å². The molecule has 0 bridgehead atoms. The summed E-state index contributed by atoms with van der Waals surface area (Å²) >= 11 is 0. The normalized spacial score (nSPS) is 15.7. The number of rotatable bonds is 7. The van der Waals surface area contributed by atoms with Gasteiger partial charge in [-0.3, -0.25) is 9.59 Å². The van der Waals surface area contributed by atoms with Crippen LogP contribution in [0.1, 0.15) is 56.1 Å². The second-order valence-corrected chi connectivity index (χ2v) is 8.21. The molecule has 6 nitrogen and oxygen atoms in total. The number of halogens is 3. The fraction of sp³-hybridized carbons (Fsp3) is 0.632. The summed E-state index contributed by atoms with van der Waals surface area (Å²) in [6.07, 6.45) is -2.48. The van der Waals surface area contributed by atoms with Gasteiger partial charge in [-0.2, -0.15) is 13.2 Å². The Labute approximate surface area is 162 Å². The molecule has 9 heteroatoms. The number of pyridine rings is 1. The molecule has 28 heavy (non-hydrogen) atoms. The Hall–Kier alpha value is -2.32. The first-order valence-electron chi connectivity index (χ1n) is 9.14. The molecule has 1 aliphatic carbocycles. The monoisotopic (exact) mass is 401 g/mol. The number of nitrogens with one attached hydrogen (secondary N) is 2. The van der Waals surface area contributed by atoms with Gasteiger partial charge in [-0.15, -0.1) is 0 Å². The minimum atomic E-state index is -4.64. The van der Waals surface area contributed by atoms with E-state index < -0.39 is 29.6 Å². The van der Waals surface area contributed by atoms with Gasteiger partial charge in [0.1, 0.15) is 17.3 Å². The van der Waals surface area contributed by atoms with E-state index in [9.17, 15) is 22.8 Å². The maximum atomic E-state index is 13.2. The third kappa shape index (κ3) is 6.38. The van der Waals surface area contributed by atoms with Gasteiger partial charge in [-0.1, -0.05) is 20.8 Å². The highest BCUT2D eigenvalue weighted by molar-refractivity contribution is 5.96. The molecule has 156 valence electrons. The van der Waals surface area contributed by atoms with Crippen molar-refractivity contribution in [3.05, 3.63) is 23.4 Å². The molecule has 0 unspecified atom stereocenters. The van der Waals surface area contributed by atoms with E-state index in [2.05, 4.69) is 15.6 Å². The van der Waals surface area contributed by atoms with E-state index in [1.54, 1.807) is 0 Å². The number of amides is 2. The smallest absolute Gasteiger partial charge is 0.421 e. The van der Waals surface area contributed by atoms with Crippen LogP contribution in [0.4, 0.5) is 13.2 Å². The van der Waals surface area contributed by atoms with Crippen molar-refractivity contribution in [2.75, 3.05) is 13.7 Å². The van der Waals surface area contributed by atoms with Crippen molar-refractivity contribution in [3.8, 4) is 5.88 Å². The Morgan fingerprint density at radius 3 is 2.39 bits per heavy atom. The summed E-state index contributed by atoms with van der Waals surface area (Å²) in [5.41, 5.74) is -1.51. The number of nitrogens with zero attached hydrogens (tertiary/aromatic N) is 1. The van der Waals surface area contributed by atoms with Crippen LogP contribution in [-0.4, -0.2) is 36.5 Å². The van der Waals surface area contributed by atoms with Gasteiger partial charge >= 0.3 is 6.18 Å². The van der Waals surface area contributed by atoms with Crippen LogP contribution in [0.2, 0.25) is 0 Å². The minimum absolute atomic E-state index is 0.131. The summed E-state index contributed by atoms with van der Waals surface area (Å²) in [4.78, 5) is 28.4. The lowest BCUT2D eigenvalue weighted by molar-refractivity contribution is -0.139. The summed E-state index contributed by atoms with van der Waals surface area (Å²) in [5.74, 6) is -1.51. The maximum Gasteiger partial charge on any atom is 0.421 e. The van der Waals surface area contributed by atoms with Crippen molar-refractivity contribution in [1.82, 2.24) is 15.6 Å². The Morgan fingerprint density at radius 1 is 1.25 bits per heavy atom. The van der Waals surface area contributed by atoms with Crippen molar-refractivity contribution in [3.63, 3.8) is 0 Å². The van der Waals surface area contributed by atoms with Crippen molar-refractivity contribution < 1.29 is 27.5 Å². The van der Waals surface area contributed by atoms with Gasteiger partial charge in [0.25, 0.3) is 5.91 Å². The van der Waals surface area contributed by atoms with E-state index in [-0.39, 0.29) is 29.5 Å². The van der Waals surface area contributed by atoms with Gasteiger partial charge in [0, 0.05) is 7.05 Å². The first-order chi connectivity index (χ1) is 12.9. The van der Waals surface area contributed by atoms with Gasteiger partial charge in [-0.25, -0.2) is 4.98 Å². The molecule has 0 saturated heterocycles. The molecule has 1 aliphatic rings. The fourth-order valence-corrected chi connectivity index (χ4v) is 2.60. The molecule has 0 radical (unpaired) electrons. The fourth-order valence-electron chi connectivity index (χ4n) is 2.60. The third-order valence-electron chi connectivity index (χ3n) is 4.24. The van der Waals surface area contributed by atoms with E-state index in [1.807, 2.05) is 20.8 Å². The molecule has 1 fully saturated rings. The highest BCUT2D eigenvalue weighted by atomic mass is 19.4. The zero-order valence-electron chi connectivity index (χ0n) is 16.4. The van der Waals surface area contributed by atoms with E-state index in [0.717, 1.165) is 25.0 Å². The third-order valence-corrected chi connectivity index (χ3v) is 4.24. The maximum absolute atomic E-state index is 13.2. The zero-order valence-corrected chi connectivity index (χ0v) is 16.4. The molecular weight excluding hydrogens is 375 g/mol. The van der Waals surface area contributed by atoms with Gasteiger partial charge in [-0.05, 0) is 42.7 Å². The van der Waals surface area contributed by atoms with Crippen molar-refractivity contribution >= 4 is 11.8 Å². The quantitative estimate of drug-likeness (QED) is 0.736. The number of alkyl halides is 3. The average Bonchev–Trinajstić information content (AvgIpc) is 3.40. The average molecular weight is 401 g/mol. The molecule has 1 aromatic rings. The van der Waals surface area contributed by atoms with Crippen molar-refractivity contribution in [2.24, 2.45) is 11.3 Å². The van der Waals surface area contributed by atoms with Crippen LogP contribution in [0.5, 0.6) is 5.88 Å². The van der Waals surface area contributed by atoms with Crippen LogP contribution < -0.4 is 15.4 Å². The Morgan fingerprint density at radius 2 is 1.89 bits per heavy atom. The van der Waals surface area contributed by atoms with Gasteiger partial charge in [0.05, 0.1) is 6.61 Å². The van der Waals surface area contributed by atoms with E-state index in [4.69, 9.17) is 4.74 Å². The summed E-state index contributed by atoms with van der Waals surface area (Å²) in [6.45, 7) is 5.87. The molecular formula is C19H26F3N3O3. The van der Waals surface area contributed by atoms with Gasteiger partial charge in [0.15, 0.2) is 0 Å². The highest BCUT2D eigenvalue weighted by Gasteiger charge is 2.37. The van der Waals surface area contributed by atoms with E-state index in [1.165, 1.54) is 7.05 Å². The van der Waals surface area contributed by atoms with Crippen LogP contribution in [0, 0.1) is 11.3 Å². The number of aromatic nitrogens is 1. The molecule has 1 atom stereocenters. The van der Waals surface area contributed by atoms with Gasteiger partial charge < -0.3 is 15.4 Å². The second kappa shape index (κ2) is 8.36. The number of carbonyl (C=O) groups is 2. The number of hydrogen-bond acceptors (Lipinski definition) is 4. The lowest BCUT2D eigenvalue weighted by atomic mass is 9.87. The summed E-state index contributed by atoms with van der Waals surface area (Å²) in [5, 5.41) is 5.03. The van der Waals surface area contributed by atoms with Crippen LogP contribution in [0.25, 0.3) is 0 Å². The molecule has 0 spiro atoms. The molecule has 1 heterocycles. The predicted octanol–water partition coefficient (Wildman–Crippen LogP) is 3.17. The lowest BCUT2D eigenvalue weighted by Gasteiger charge is -2.25. The Bertz CT molecular complexity index is 725. The topological polar surface area (TPSA) is 80.3 Å². The summed E-state index contributed by atoms with van der Waals surface area (Å²) in [6, 6.07) is 0.931. The van der Waals surface area contributed by atoms with Crippen LogP contribution >= 0.6 is 0 Å². The van der Waals surface area contributed by atoms with Crippen LogP contribution in [-0.2, 0) is 11.0 Å². The zero-order chi connectivity index (χ0) is 21.1. The minimum Gasteiger partial charge on any atom is -0.477 e. The number of carbonyl (C=O) groups excluding carboxylic acids is 2. The number of ether oxygens (including phenoxy) is 1. The molecule has 1 saturated carbocycles. The number of hydrogen-bond donors (Lipinski definition) is 2. The lowest BCUT2D eigenvalue weighted by Crippen LogP contribution is -2.47. The molecule has 0 aromatic carbocycles. The summed E-state index contributed by atoms with van der Waals surface area (Å²) < 4.78 is 44.8. The molecule has 2 rings (SSSR count). The molecule has 2 N–H and O–H groups in total. The molecule has 2 amide bonds. The second-order valence-electron chi connectivity index (χ2n) is 8.21. The SMILES string of the molecule is CNC(=O)[C@H](CC(C)(C)C)NC(=O)c1ccc(C(F)(F)F)c(OCC2CC2)n1. The van der Waals surface area contributed by atoms with Crippen LogP contribution in [0.3, 0.4) is 0 Å². The molecule has 1 aromatic heterocycles. The first-order valence-corrected chi connectivity index (χ1v) is 9.14. The largest absolute Gasteiger partial charge is 0.477 e.